The Kier molecular flexibility index (Phi) is 4.25. The molecule has 2 aliphatic rings. The van der Waals surface area contributed by atoms with Crippen LogP contribution < -0.4 is 5.32 Å². The van der Waals surface area contributed by atoms with Crippen molar-refractivity contribution in [3.8, 4) is 0 Å². The van der Waals surface area contributed by atoms with Gasteiger partial charge in [-0.05, 0) is 46.5 Å². The zero-order valence-electron chi connectivity index (χ0n) is 13.4. The predicted molar refractivity (Wildman–Crippen MR) is 81.7 cm³/mol. The van der Waals surface area contributed by atoms with E-state index in [1.165, 1.54) is 12.8 Å². The number of carbonyl (C=O) groups excluding carboxylic acids is 1. The third kappa shape index (κ3) is 3.25. The Morgan fingerprint density at radius 2 is 2.10 bits per heavy atom. The second-order valence-corrected chi connectivity index (χ2v) is 6.90. The molecule has 1 aliphatic carbocycles. The highest BCUT2D eigenvalue weighted by molar-refractivity contribution is 5.88. The van der Waals surface area contributed by atoms with Gasteiger partial charge in [0.05, 0.1) is 12.1 Å². The van der Waals surface area contributed by atoms with Gasteiger partial charge in [-0.2, -0.15) is 0 Å². The molecule has 5 nitrogen and oxygen atoms in total. The molecule has 20 heavy (non-hydrogen) atoms. The molecule has 0 bridgehead atoms. The molecule has 0 aromatic rings. The molecule has 114 valence electrons. The molecule has 0 atom stereocenters. The Balaban J connectivity index is 2.04. The number of aliphatic imine (C=N–C) groups is 1. The smallest absolute Gasteiger partial charge is 0.242 e. The summed E-state index contributed by atoms with van der Waals surface area (Å²) in [7, 11) is 1.79. The maximum Gasteiger partial charge on any atom is 0.242 e. The average molecular weight is 280 g/mol. The van der Waals surface area contributed by atoms with Gasteiger partial charge in [-0.15, -0.1) is 0 Å². The zero-order valence-corrected chi connectivity index (χ0v) is 13.4. The fourth-order valence-corrected chi connectivity index (χ4v) is 3.20. The van der Waals surface area contributed by atoms with Gasteiger partial charge in [0.25, 0.3) is 0 Å². The molecule has 1 saturated carbocycles. The lowest BCUT2D eigenvalue weighted by molar-refractivity contribution is -0.145. The fourth-order valence-electron chi connectivity index (χ4n) is 3.20. The fraction of sp³-hybridized carbons (Fsp3) is 0.867. The van der Waals surface area contributed by atoms with E-state index in [2.05, 4.69) is 42.9 Å². The van der Waals surface area contributed by atoms with E-state index in [0.29, 0.717) is 6.54 Å². The third-order valence-corrected chi connectivity index (χ3v) is 4.10. The van der Waals surface area contributed by atoms with Gasteiger partial charge in [0, 0.05) is 26.2 Å². The van der Waals surface area contributed by atoms with Crippen molar-refractivity contribution in [2.75, 3.05) is 26.7 Å². The van der Waals surface area contributed by atoms with E-state index in [1.807, 2.05) is 4.90 Å². The van der Waals surface area contributed by atoms with Gasteiger partial charge < -0.3 is 15.1 Å². The number of carbonyl (C=O) groups is 1. The van der Waals surface area contributed by atoms with E-state index in [1.54, 1.807) is 7.05 Å². The van der Waals surface area contributed by atoms with Crippen LogP contribution in [0.1, 0.15) is 40.5 Å². The first-order valence-corrected chi connectivity index (χ1v) is 7.63. The summed E-state index contributed by atoms with van der Waals surface area (Å²) in [5.74, 6) is 1.85. The lowest BCUT2D eigenvalue weighted by Crippen LogP contribution is -2.66. The van der Waals surface area contributed by atoms with Crippen LogP contribution in [0.25, 0.3) is 0 Å². The second kappa shape index (κ2) is 5.62. The Bertz CT molecular complexity index is 399. The highest BCUT2D eigenvalue weighted by Gasteiger charge is 2.40. The van der Waals surface area contributed by atoms with Gasteiger partial charge in [0.1, 0.15) is 0 Å². The van der Waals surface area contributed by atoms with Crippen LogP contribution in [-0.2, 0) is 4.79 Å². The number of rotatable bonds is 3. The molecule has 1 amide bonds. The topological polar surface area (TPSA) is 47.9 Å². The van der Waals surface area contributed by atoms with E-state index in [4.69, 9.17) is 0 Å². The van der Waals surface area contributed by atoms with Crippen LogP contribution in [0, 0.1) is 5.92 Å². The predicted octanol–water partition coefficient (Wildman–Crippen LogP) is 1.30. The quantitative estimate of drug-likeness (QED) is 0.626. The first-order valence-electron chi connectivity index (χ1n) is 7.63. The van der Waals surface area contributed by atoms with Crippen molar-refractivity contribution >= 4 is 11.9 Å². The van der Waals surface area contributed by atoms with Crippen molar-refractivity contribution in [2.45, 2.75) is 52.1 Å². The summed E-state index contributed by atoms with van der Waals surface area (Å²) in [6.45, 7) is 10.6. The number of nitrogens with zero attached hydrogens (tertiary/aromatic N) is 3. The standard InChI is InChI=1S/C15H28N4O/c1-11(2)19-13(20)9-18(10-15(19,3)4)14(16-5)17-8-12-6-7-12/h11-12H,6-10H2,1-5H3,(H,16,17). The van der Waals surface area contributed by atoms with Gasteiger partial charge in [-0.3, -0.25) is 9.79 Å². The normalized spacial score (nSPS) is 23.5. The van der Waals surface area contributed by atoms with Gasteiger partial charge in [0.15, 0.2) is 5.96 Å². The summed E-state index contributed by atoms with van der Waals surface area (Å²) in [4.78, 5) is 20.9. The number of nitrogens with one attached hydrogen (secondary N) is 1. The molecule has 1 saturated heterocycles. The molecule has 1 N–H and O–H groups in total. The van der Waals surface area contributed by atoms with Gasteiger partial charge in [-0.1, -0.05) is 0 Å². The van der Waals surface area contributed by atoms with Crippen LogP contribution in [0.2, 0.25) is 0 Å². The Labute approximate surface area is 122 Å². The zero-order chi connectivity index (χ0) is 14.9. The lowest BCUT2D eigenvalue weighted by atomic mass is 9.96. The number of amides is 1. The molecule has 1 aliphatic heterocycles. The van der Waals surface area contributed by atoms with Crippen LogP contribution in [-0.4, -0.2) is 59.9 Å². The van der Waals surface area contributed by atoms with Crippen molar-refractivity contribution < 1.29 is 4.79 Å². The first kappa shape index (κ1) is 15.1. The van der Waals surface area contributed by atoms with E-state index in [0.717, 1.165) is 25.0 Å². The van der Waals surface area contributed by atoms with Crippen molar-refractivity contribution in [3.63, 3.8) is 0 Å². The van der Waals surface area contributed by atoms with E-state index in [9.17, 15) is 4.79 Å². The summed E-state index contributed by atoms with van der Waals surface area (Å²) in [5.41, 5.74) is -0.166. The highest BCUT2D eigenvalue weighted by atomic mass is 16.2. The number of piperazine rings is 1. The number of hydrogen-bond donors (Lipinski definition) is 1. The van der Waals surface area contributed by atoms with Crippen LogP contribution in [0.4, 0.5) is 0 Å². The Morgan fingerprint density at radius 3 is 2.55 bits per heavy atom. The maximum atomic E-state index is 12.4. The summed E-state index contributed by atoms with van der Waals surface area (Å²) < 4.78 is 0. The molecule has 0 aromatic carbocycles. The molecule has 5 heteroatoms. The van der Waals surface area contributed by atoms with Crippen LogP contribution >= 0.6 is 0 Å². The van der Waals surface area contributed by atoms with Gasteiger partial charge in [-0.25, -0.2) is 0 Å². The molecule has 2 rings (SSSR count). The number of guanidine groups is 1. The van der Waals surface area contributed by atoms with Crippen LogP contribution in [0.3, 0.4) is 0 Å². The summed E-state index contributed by atoms with van der Waals surface area (Å²) in [6, 6.07) is 0.237. The average Bonchev–Trinajstić information content (AvgIpc) is 3.10. The van der Waals surface area contributed by atoms with E-state index < -0.39 is 0 Å². The molecule has 0 unspecified atom stereocenters. The second-order valence-electron chi connectivity index (χ2n) is 6.90. The van der Waals surface area contributed by atoms with Crippen molar-refractivity contribution in [1.29, 1.82) is 0 Å². The van der Waals surface area contributed by atoms with E-state index >= 15 is 0 Å². The maximum absolute atomic E-state index is 12.4. The summed E-state index contributed by atoms with van der Waals surface area (Å²) >= 11 is 0. The lowest BCUT2D eigenvalue weighted by Gasteiger charge is -2.49. The third-order valence-electron chi connectivity index (χ3n) is 4.10. The first-order chi connectivity index (χ1) is 9.35. The minimum absolute atomic E-state index is 0.166. The van der Waals surface area contributed by atoms with Crippen molar-refractivity contribution in [3.05, 3.63) is 0 Å². The minimum atomic E-state index is -0.166. The molecular formula is C15H28N4O. The number of hydrogen-bond acceptors (Lipinski definition) is 2. The Hall–Kier alpha value is -1.26. The van der Waals surface area contributed by atoms with Crippen LogP contribution in [0.15, 0.2) is 4.99 Å². The SMILES string of the molecule is CN=C(NCC1CC1)N1CC(=O)N(C(C)C)C(C)(C)C1. The van der Waals surface area contributed by atoms with Crippen molar-refractivity contribution in [1.82, 2.24) is 15.1 Å². The summed E-state index contributed by atoms with van der Waals surface area (Å²) in [6.07, 6.45) is 2.63. The van der Waals surface area contributed by atoms with Crippen LogP contribution in [0.5, 0.6) is 0 Å². The Morgan fingerprint density at radius 1 is 1.45 bits per heavy atom. The van der Waals surface area contributed by atoms with Gasteiger partial charge >= 0.3 is 0 Å². The largest absolute Gasteiger partial charge is 0.356 e. The molecular weight excluding hydrogens is 252 g/mol. The van der Waals surface area contributed by atoms with E-state index in [-0.39, 0.29) is 17.5 Å². The van der Waals surface area contributed by atoms with Crippen molar-refractivity contribution in [2.24, 2.45) is 10.9 Å². The van der Waals surface area contributed by atoms with Gasteiger partial charge in [0.2, 0.25) is 5.91 Å². The molecule has 0 radical (unpaired) electrons. The monoisotopic (exact) mass is 280 g/mol. The minimum Gasteiger partial charge on any atom is -0.356 e. The molecule has 0 aromatic heterocycles. The molecule has 0 spiro atoms. The molecule has 2 fully saturated rings. The highest BCUT2D eigenvalue weighted by Crippen LogP contribution is 2.28. The summed E-state index contributed by atoms with van der Waals surface area (Å²) in [5, 5.41) is 3.41. The molecule has 1 heterocycles.